The third kappa shape index (κ3) is 5.45. The third-order valence-electron chi connectivity index (χ3n) is 5.41. The van der Waals surface area contributed by atoms with Crippen LogP contribution < -0.4 is 10.6 Å². The quantitative estimate of drug-likeness (QED) is 0.475. The first-order valence-electron chi connectivity index (χ1n) is 10.6. The van der Waals surface area contributed by atoms with Gasteiger partial charge in [-0.15, -0.1) is 0 Å². The summed E-state index contributed by atoms with van der Waals surface area (Å²) in [5.74, 6) is -2.03. The summed E-state index contributed by atoms with van der Waals surface area (Å²) in [6.07, 6.45) is -2.11. The number of hydrogen-bond acceptors (Lipinski definition) is 5. The van der Waals surface area contributed by atoms with Crippen molar-refractivity contribution in [3.8, 4) is 11.1 Å². The summed E-state index contributed by atoms with van der Waals surface area (Å²) >= 11 is 0. The molecule has 0 saturated carbocycles. The molecule has 8 heteroatoms. The number of nitrogens with one attached hydrogen (secondary N) is 2. The zero-order valence-corrected chi connectivity index (χ0v) is 18.1. The Morgan fingerprint density at radius 3 is 2.09 bits per heavy atom. The van der Waals surface area contributed by atoms with E-state index in [0.717, 1.165) is 22.3 Å². The first-order chi connectivity index (χ1) is 15.3. The van der Waals surface area contributed by atoms with Crippen molar-refractivity contribution in [1.29, 1.82) is 0 Å². The van der Waals surface area contributed by atoms with Gasteiger partial charge in [-0.25, -0.2) is 9.59 Å². The van der Waals surface area contributed by atoms with Gasteiger partial charge in [0.1, 0.15) is 12.6 Å². The minimum atomic E-state index is -1.71. The Hall–Kier alpha value is -3.39. The van der Waals surface area contributed by atoms with Crippen LogP contribution in [-0.4, -0.2) is 53.5 Å². The maximum absolute atomic E-state index is 12.5. The summed E-state index contributed by atoms with van der Waals surface area (Å²) < 4.78 is 5.49. The number of carbonyl (C=O) groups is 3. The van der Waals surface area contributed by atoms with E-state index in [1.807, 2.05) is 62.4 Å². The van der Waals surface area contributed by atoms with Gasteiger partial charge in [-0.05, 0) is 34.6 Å². The molecule has 8 nitrogen and oxygen atoms in total. The number of benzene rings is 2. The highest BCUT2D eigenvalue weighted by Gasteiger charge is 2.30. The normalized spacial score (nSPS) is 14.2. The fourth-order valence-corrected chi connectivity index (χ4v) is 3.89. The molecule has 0 spiro atoms. The summed E-state index contributed by atoms with van der Waals surface area (Å²) in [4.78, 5) is 35.7. The average Bonchev–Trinajstić information content (AvgIpc) is 3.08. The highest BCUT2D eigenvalue weighted by atomic mass is 16.5. The van der Waals surface area contributed by atoms with Gasteiger partial charge in [0.2, 0.25) is 5.91 Å². The van der Waals surface area contributed by atoms with Gasteiger partial charge in [0, 0.05) is 5.92 Å². The van der Waals surface area contributed by atoms with Gasteiger partial charge < -0.3 is 25.6 Å². The number of carboxylic acids is 1. The van der Waals surface area contributed by atoms with Crippen molar-refractivity contribution < 1.29 is 29.3 Å². The number of aliphatic hydroxyl groups is 1. The van der Waals surface area contributed by atoms with Crippen molar-refractivity contribution in [2.45, 2.75) is 38.3 Å². The summed E-state index contributed by atoms with van der Waals surface area (Å²) in [5.41, 5.74) is 4.40. The molecule has 2 amide bonds. The molecule has 0 heterocycles. The van der Waals surface area contributed by atoms with Crippen molar-refractivity contribution in [2.24, 2.45) is 5.92 Å². The van der Waals surface area contributed by atoms with Gasteiger partial charge in [0.25, 0.3) is 0 Å². The number of aliphatic hydroxyl groups excluding tert-OH is 1. The van der Waals surface area contributed by atoms with Crippen LogP contribution in [0.3, 0.4) is 0 Å². The van der Waals surface area contributed by atoms with Crippen molar-refractivity contribution >= 4 is 18.0 Å². The second kappa shape index (κ2) is 10.3. The van der Waals surface area contributed by atoms with Crippen LogP contribution in [0.1, 0.15) is 37.3 Å². The molecule has 2 aromatic carbocycles. The number of hydrogen-bond donors (Lipinski definition) is 4. The molecule has 0 fully saturated rings. The fraction of sp³-hybridized carbons (Fsp3) is 0.375. The lowest BCUT2D eigenvalue weighted by Gasteiger charge is -2.21. The van der Waals surface area contributed by atoms with Crippen LogP contribution >= 0.6 is 0 Å². The van der Waals surface area contributed by atoms with E-state index in [-0.39, 0.29) is 18.4 Å². The van der Waals surface area contributed by atoms with Gasteiger partial charge in [0.05, 0.1) is 6.54 Å². The van der Waals surface area contributed by atoms with Crippen LogP contribution in [0, 0.1) is 5.92 Å². The molecule has 0 bridgehead atoms. The number of ether oxygens (including phenoxy) is 1. The van der Waals surface area contributed by atoms with Gasteiger partial charge in [-0.2, -0.15) is 0 Å². The van der Waals surface area contributed by atoms with Crippen LogP contribution in [-0.2, 0) is 14.3 Å². The summed E-state index contributed by atoms with van der Waals surface area (Å²) in [6.45, 7) is 3.46. The largest absolute Gasteiger partial charge is 0.479 e. The predicted octanol–water partition coefficient (Wildman–Crippen LogP) is 2.50. The molecule has 3 rings (SSSR count). The maximum atomic E-state index is 12.5. The Bertz CT molecular complexity index is 944. The van der Waals surface area contributed by atoms with Gasteiger partial charge in [-0.3, -0.25) is 4.79 Å². The molecule has 2 aromatic rings. The lowest BCUT2D eigenvalue weighted by Crippen LogP contribution is -2.49. The number of carboxylic acid groups (broad SMARTS) is 1. The second-order valence-corrected chi connectivity index (χ2v) is 8.25. The highest BCUT2D eigenvalue weighted by Crippen LogP contribution is 2.44. The van der Waals surface area contributed by atoms with E-state index in [1.165, 1.54) is 0 Å². The van der Waals surface area contributed by atoms with E-state index in [4.69, 9.17) is 9.84 Å². The Morgan fingerprint density at radius 2 is 1.56 bits per heavy atom. The van der Waals surface area contributed by atoms with Crippen molar-refractivity contribution in [1.82, 2.24) is 10.6 Å². The third-order valence-corrected chi connectivity index (χ3v) is 5.41. The van der Waals surface area contributed by atoms with Crippen LogP contribution in [0.5, 0.6) is 0 Å². The summed E-state index contributed by atoms with van der Waals surface area (Å²) in [5, 5.41) is 23.0. The van der Waals surface area contributed by atoms with E-state index in [0.29, 0.717) is 6.42 Å². The number of amides is 2. The van der Waals surface area contributed by atoms with Crippen LogP contribution in [0.4, 0.5) is 4.79 Å². The highest BCUT2D eigenvalue weighted by molar-refractivity contribution is 5.86. The van der Waals surface area contributed by atoms with Gasteiger partial charge in [0.15, 0.2) is 6.10 Å². The van der Waals surface area contributed by atoms with Crippen molar-refractivity contribution in [2.75, 3.05) is 13.2 Å². The molecule has 0 aromatic heterocycles. The molecule has 0 radical (unpaired) electrons. The number of alkyl carbamates (subject to hydrolysis) is 1. The average molecular weight is 440 g/mol. The smallest absolute Gasteiger partial charge is 0.407 e. The number of carbonyl (C=O) groups excluding carboxylic acids is 2. The predicted molar refractivity (Wildman–Crippen MR) is 118 cm³/mol. The molecule has 32 heavy (non-hydrogen) atoms. The minimum absolute atomic E-state index is 0.0871. The molecular weight excluding hydrogens is 412 g/mol. The number of fused-ring (bicyclic) bond motifs is 3. The monoisotopic (exact) mass is 440 g/mol. The Morgan fingerprint density at radius 1 is 1.00 bits per heavy atom. The van der Waals surface area contributed by atoms with E-state index < -0.39 is 36.7 Å². The fourth-order valence-electron chi connectivity index (χ4n) is 3.89. The van der Waals surface area contributed by atoms with E-state index in [1.54, 1.807) is 0 Å². The molecule has 1 aliphatic carbocycles. The Kier molecular flexibility index (Phi) is 7.48. The van der Waals surface area contributed by atoms with Crippen LogP contribution in [0.15, 0.2) is 48.5 Å². The second-order valence-electron chi connectivity index (χ2n) is 8.25. The molecule has 1 unspecified atom stereocenters. The summed E-state index contributed by atoms with van der Waals surface area (Å²) in [6, 6.07) is 15.1. The first-order valence-corrected chi connectivity index (χ1v) is 10.6. The van der Waals surface area contributed by atoms with Crippen LogP contribution in [0.25, 0.3) is 11.1 Å². The zero-order valence-electron chi connectivity index (χ0n) is 18.1. The molecule has 2 atom stereocenters. The lowest BCUT2D eigenvalue weighted by molar-refractivity contribution is -0.146. The molecule has 0 saturated heterocycles. The maximum Gasteiger partial charge on any atom is 0.407 e. The molecule has 4 N–H and O–H groups in total. The lowest BCUT2D eigenvalue weighted by atomic mass is 9.98. The topological polar surface area (TPSA) is 125 Å². The molecular formula is C24H28N2O6. The standard InChI is InChI=1S/C24H28N2O6/c1-14(2)11-20(22(28)25-12-21(27)23(29)30)26-24(31)32-13-19-17-9-5-3-7-15(17)16-8-4-6-10-18(16)19/h3-10,14,19-21,27H,11-13H2,1-2H3,(H,25,28)(H,26,31)(H,29,30)/t20?,21-/m0/s1. The molecule has 1 aliphatic rings. The summed E-state index contributed by atoms with van der Waals surface area (Å²) in [7, 11) is 0. The SMILES string of the molecule is CC(C)CC(NC(=O)OCC1c2ccccc2-c2ccccc21)C(=O)NC[C@H](O)C(=O)O. The molecule has 0 aliphatic heterocycles. The van der Waals surface area contributed by atoms with E-state index in [2.05, 4.69) is 10.6 Å². The van der Waals surface area contributed by atoms with E-state index >= 15 is 0 Å². The minimum Gasteiger partial charge on any atom is -0.479 e. The zero-order chi connectivity index (χ0) is 23.3. The Balaban J connectivity index is 1.63. The van der Waals surface area contributed by atoms with Gasteiger partial charge in [-0.1, -0.05) is 62.4 Å². The number of aliphatic carboxylic acids is 1. The van der Waals surface area contributed by atoms with Crippen molar-refractivity contribution in [3.63, 3.8) is 0 Å². The van der Waals surface area contributed by atoms with Crippen LogP contribution in [0.2, 0.25) is 0 Å². The molecule has 170 valence electrons. The number of rotatable bonds is 9. The van der Waals surface area contributed by atoms with E-state index in [9.17, 15) is 19.5 Å². The Labute approximate surface area is 186 Å². The van der Waals surface area contributed by atoms with Crippen molar-refractivity contribution in [3.05, 3.63) is 59.7 Å². The van der Waals surface area contributed by atoms with Gasteiger partial charge >= 0.3 is 12.1 Å². The first kappa shape index (κ1) is 23.3.